The fraction of sp³-hybridized carbons (Fsp3) is 0.761. The molecular weight excluding hydrogens is 774 g/mol. The summed E-state index contributed by atoms with van der Waals surface area (Å²) in [4.78, 5) is 39.5. The van der Waals surface area contributed by atoms with Crippen molar-refractivity contribution in [1.29, 1.82) is 0 Å². The number of rotatable bonds is 18. The van der Waals surface area contributed by atoms with Crippen LogP contribution in [0, 0.1) is 35.5 Å². The summed E-state index contributed by atoms with van der Waals surface area (Å²) in [6.07, 6.45) is 9.18. The van der Waals surface area contributed by atoms with Gasteiger partial charge in [0.05, 0.1) is 61.5 Å². The molecule has 0 spiro atoms. The second-order valence-corrected chi connectivity index (χ2v) is 16.9. The van der Waals surface area contributed by atoms with Gasteiger partial charge in [-0.1, -0.05) is 70.6 Å². The Hall–Kier alpha value is -2.79. The molecule has 0 saturated heterocycles. The van der Waals surface area contributed by atoms with Gasteiger partial charge in [0.1, 0.15) is 11.9 Å². The summed E-state index contributed by atoms with van der Waals surface area (Å²) in [5.74, 6) is -3.15. The van der Waals surface area contributed by atoms with E-state index in [2.05, 4.69) is 6.08 Å². The Labute approximate surface area is 359 Å². The first-order valence-corrected chi connectivity index (χ1v) is 21.4. The molecule has 0 unspecified atom stereocenters. The molecule has 0 aliphatic carbocycles. The van der Waals surface area contributed by atoms with Gasteiger partial charge in [-0.15, -0.1) is 0 Å². The Morgan fingerprint density at radius 3 is 2.18 bits per heavy atom. The van der Waals surface area contributed by atoms with Gasteiger partial charge in [-0.2, -0.15) is 0 Å². The van der Waals surface area contributed by atoms with E-state index in [4.69, 9.17) is 33.2 Å². The first-order chi connectivity index (χ1) is 28.5. The lowest BCUT2D eigenvalue weighted by atomic mass is 9.78. The number of hydrogen-bond acceptors (Lipinski definition) is 13. The van der Waals surface area contributed by atoms with E-state index in [1.807, 2.05) is 46.8 Å². The molecule has 0 fully saturated rings. The van der Waals surface area contributed by atoms with Gasteiger partial charge in [-0.05, 0) is 25.7 Å². The van der Waals surface area contributed by atoms with E-state index in [9.17, 15) is 29.7 Å². The van der Waals surface area contributed by atoms with Crippen molar-refractivity contribution in [1.82, 2.24) is 4.90 Å². The Bertz CT molecular complexity index is 1400. The van der Waals surface area contributed by atoms with Gasteiger partial charge in [0.25, 0.3) is 0 Å². The number of hydrogen-bond donors (Lipinski definition) is 3. The quantitative estimate of drug-likeness (QED) is 0.0971. The molecule has 16 atom stereocenters. The Morgan fingerprint density at radius 2 is 1.60 bits per heavy atom. The number of nitrogens with zero attached hydrogens (tertiary/aromatic N) is 1. The molecule has 2 aliphatic rings. The fourth-order valence-corrected chi connectivity index (χ4v) is 8.66. The zero-order chi connectivity index (χ0) is 45.1. The van der Waals surface area contributed by atoms with E-state index < -0.39 is 78.5 Å². The molecule has 14 nitrogen and oxygen atoms in total. The topological polar surface area (TPSA) is 180 Å². The minimum absolute atomic E-state index is 0.0143. The highest BCUT2D eigenvalue weighted by Crippen LogP contribution is 2.34. The summed E-state index contributed by atoms with van der Waals surface area (Å²) in [6.45, 7) is 10.9. The molecule has 2 aliphatic heterocycles. The van der Waals surface area contributed by atoms with E-state index >= 15 is 0 Å². The van der Waals surface area contributed by atoms with Gasteiger partial charge in [-0.25, -0.2) is 4.79 Å². The van der Waals surface area contributed by atoms with Crippen LogP contribution in [0.1, 0.15) is 80.1 Å². The first kappa shape index (κ1) is 53.3. The molecule has 344 valence electrons. The smallest absolute Gasteiger partial charge is 0.331 e. The Kier molecular flexibility index (Phi) is 24.3. The summed E-state index contributed by atoms with van der Waals surface area (Å²) in [7, 11) is 9.47. The number of cyclic esters (lactones) is 1. The summed E-state index contributed by atoms with van der Waals surface area (Å²) >= 11 is 0. The van der Waals surface area contributed by atoms with Crippen LogP contribution in [0.3, 0.4) is 0 Å². The van der Waals surface area contributed by atoms with Gasteiger partial charge in [0.2, 0.25) is 6.41 Å². The molecule has 60 heavy (non-hydrogen) atoms. The number of Topliss-reactive ketones (excluding diaryl/α,β-unsaturated/α-hetero) is 1. The van der Waals surface area contributed by atoms with E-state index in [0.29, 0.717) is 44.1 Å². The van der Waals surface area contributed by atoms with Crippen LogP contribution in [0.5, 0.6) is 0 Å². The monoisotopic (exact) mass is 852 g/mol. The van der Waals surface area contributed by atoms with Crippen LogP contribution >= 0.6 is 0 Å². The van der Waals surface area contributed by atoms with Gasteiger partial charge >= 0.3 is 5.97 Å². The third kappa shape index (κ3) is 16.2. The second-order valence-electron chi connectivity index (χ2n) is 16.9. The van der Waals surface area contributed by atoms with Crippen molar-refractivity contribution in [3.05, 3.63) is 48.2 Å². The number of aliphatic hydroxyl groups excluding tert-OH is 3. The molecule has 0 aromatic rings. The lowest BCUT2D eigenvalue weighted by Crippen LogP contribution is -2.47. The second kappa shape index (κ2) is 27.3. The van der Waals surface area contributed by atoms with Crippen molar-refractivity contribution in [3.8, 4) is 0 Å². The molecular formula is C46H77NO13. The number of ether oxygens (including phenoxy) is 7. The molecule has 0 radical (unpaired) electrons. The van der Waals surface area contributed by atoms with Crippen molar-refractivity contribution in [3.63, 3.8) is 0 Å². The maximum atomic E-state index is 13.6. The molecule has 2 bridgehead atoms. The summed E-state index contributed by atoms with van der Waals surface area (Å²) in [6, 6.07) is 0. The fourth-order valence-electron chi connectivity index (χ4n) is 8.66. The summed E-state index contributed by atoms with van der Waals surface area (Å²) < 4.78 is 42.1. The largest absolute Gasteiger partial charge is 0.458 e. The van der Waals surface area contributed by atoms with Crippen molar-refractivity contribution >= 4 is 18.2 Å². The number of carbonyl (C=O) groups is 3. The average Bonchev–Trinajstić information content (AvgIpc) is 3.24. The molecule has 14 heteroatoms. The van der Waals surface area contributed by atoms with E-state index in [1.165, 1.54) is 18.1 Å². The minimum Gasteiger partial charge on any atom is -0.458 e. The molecule has 2 rings (SSSR count). The molecule has 0 saturated carbocycles. The van der Waals surface area contributed by atoms with Crippen LogP contribution in [-0.4, -0.2) is 149 Å². The Morgan fingerprint density at radius 1 is 0.967 bits per heavy atom. The van der Waals surface area contributed by atoms with E-state index in [1.54, 1.807) is 60.8 Å². The third-order valence-electron chi connectivity index (χ3n) is 12.6. The number of ketones is 1. The van der Waals surface area contributed by atoms with Gasteiger partial charge < -0.3 is 53.4 Å². The number of amides is 1. The summed E-state index contributed by atoms with van der Waals surface area (Å²) in [5, 5.41) is 33.8. The van der Waals surface area contributed by atoms with E-state index in [0.717, 1.165) is 0 Å². The molecule has 2 heterocycles. The van der Waals surface area contributed by atoms with Crippen LogP contribution in [-0.2, 0) is 47.5 Å². The number of fused-ring (bicyclic) bond motifs is 2. The Balaban J connectivity index is 2.45. The van der Waals surface area contributed by atoms with Crippen LogP contribution in [0.4, 0.5) is 0 Å². The number of esters is 1. The maximum Gasteiger partial charge on any atom is 0.331 e. The lowest BCUT2D eigenvalue weighted by Gasteiger charge is -2.39. The molecule has 0 aromatic carbocycles. The van der Waals surface area contributed by atoms with Gasteiger partial charge in [0, 0.05) is 110 Å². The highest BCUT2D eigenvalue weighted by Gasteiger charge is 2.41. The predicted molar refractivity (Wildman–Crippen MR) is 229 cm³/mol. The van der Waals surface area contributed by atoms with Crippen molar-refractivity contribution in [2.45, 2.75) is 141 Å². The number of aliphatic hydroxyl groups is 3. The third-order valence-corrected chi connectivity index (χ3v) is 12.6. The van der Waals surface area contributed by atoms with Crippen LogP contribution in [0.25, 0.3) is 0 Å². The highest BCUT2D eigenvalue weighted by molar-refractivity contribution is 5.82. The van der Waals surface area contributed by atoms with Gasteiger partial charge in [0.15, 0.2) is 0 Å². The number of allylic oxidation sites excluding steroid dienone is 2. The number of methoxy groups -OCH3 is 5. The first-order valence-electron chi connectivity index (χ1n) is 21.4. The van der Waals surface area contributed by atoms with Crippen LogP contribution in [0.15, 0.2) is 48.2 Å². The van der Waals surface area contributed by atoms with Crippen LogP contribution in [0.2, 0.25) is 0 Å². The van der Waals surface area contributed by atoms with E-state index in [-0.39, 0.29) is 42.9 Å². The lowest BCUT2D eigenvalue weighted by molar-refractivity contribution is -0.159. The minimum atomic E-state index is -0.996. The molecule has 0 aromatic heterocycles. The SMILES string of the molecule is CO[C@H]([C@H](C)/C=C/N(C)C=O)[C@@H](C)C(=O)CC[C@H](C)[C@H](O)[C@H](C)[C@H]1OC(=O)/C=C/C(C)=C/[C@H](O)[C@H](OC)C[C@@H]2C=CC[C@@H](C[C@H](OC)[C@@H](CO)[C@H](OC)C[C@@H](OC)[C@@H]1C)O2. The van der Waals surface area contributed by atoms with Crippen molar-refractivity contribution in [2.75, 3.05) is 49.2 Å². The zero-order valence-corrected chi connectivity index (χ0v) is 38.2. The normalized spacial score (nSPS) is 33.3. The van der Waals surface area contributed by atoms with Crippen molar-refractivity contribution in [2.24, 2.45) is 35.5 Å². The summed E-state index contributed by atoms with van der Waals surface area (Å²) in [5.41, 5.74) is 0.615. The molecule has 1 amide bonds. The van der Waals surface area contributed by atoms with Gasteiger partial charge in [-0.3, -0.25) is 9.59 Å². The predicted octanol–water partition coefficient (Wildman–Crippen LogP) is 4.84. The van der Waals surface area contributed by atoms with Crippen LogP contribution < -0.4 is 0 Å². The highest BCUT2D eigenvalue weighted by atomic mass is 16.6. The molecule has 3 N–H and O–H groups in total. The number of carbonyl (C=O) groups excluding carboxylic acids is 3. The average molecular weight is 852 g/mol. The standard InChI is InChI=1S/C46H77NO13/c1-28-16-19-43(52)60-46(33(6)44(53)29(2)17-18-37(50)31(4)45(58-12)30(3)20-21-47(7)27-49)32(5)39(54-8)25-41(56-10)36(26-48)40(55-9)23-34-14-13-15-35(59-34)24-42(57-11)38(51)22-28/h13,15-16,19-22,27,29-36,38-42,44-46,48,51,53H,14,17-18,23-26H2,1-12H3/b19-16+,21-20+,28-22+/t29-,30+,31-,32-,33-,34-,35-,36+,38-,39+,40-,41+,42+,44-,45+,46-/m0/s1. The van der Waals surface area contributed by atoms with Crippen molar-refractivity contribution < 1.29 is 62.9 Å². The zero-order valence-electron chi connectivity index (χ0n) is 38.2. The maximum absolute atomic E-state index is 13.6.